The number of rotatable bonds is 4. The van der Waals surface area contributed by atoms with Gasteiger partial charge in [-0.2, -0.15) is 5.10 Å². The van der Waals surface area contributed by atoms with E-state index in [2.05, 4.69) is 28.9 Å². The lowest BCUT2D eigenvalue weighted by Gasteiger charge is -2.01. The van der Waals surface area contributed by atoms with Crippen LogP contribution in [0, 0.1) is 5.92 Å². The molecule has 0 saturated heterocycles. The smallest absolute Gasteiger partial charge is 0.213 e. The molecule has 0 bridgehead atoms. The van der Waals surface area contributed by atoms with Crippen LogP contribution in [0.4, 0.5) is 0 Å². The average molecular weight is 288 g/mol. The second-order valence-electron chi connectivity index (χ2n) is 5.09. The van der Waals surface area contributed by atoms with Gasteiger partial charge in [0, 0.05) is 24.4 Å². The zero-order chi connectivity index (χ0) is 14.1. The summed E-state index contributed by atoms with van der Waals surface area (Å²) in [7, 11) is 0. The van der Waals surface area contributed by atoms with Gasteiger partial charge in [0.1, 0.15) is 5.01 Å². The molecular weight excluding hydrogens is 272 g/mol. The van der Waals surface area contributed by atoms with E-state index < -0.39 is 0 Å². The van der Waals surface area contributed by atoms with Crippen molar-refractivity contribution in [3.05, 3.63) is 35.2 Å². The Morgan fingerprint density at radius 2 is 2.05 bits per heavy atom. The third-order valence-electron chi connectivity index (χ3n) is 3.02. The van der Waals surface area contributed by atoms with Crippen LogP contribution in [0.25, 0.3) is 16.2 Å². The Morgan fingerprint density at radius 1 is 1.30 bits per heavy atom. The molecule has 0 atom stereocenters. The molecule has 3 aromatic heterocycles. The number of hydrogen-bond donors (Lipinski definition) is 1. The van der Waals surface area contributed by atoms with Crippen LogP contribution in [0.15, 0.2) is 24.5 Å². The van der Waals surface area contributed by atoms with Crippen molar-refractivity contribution < 1.29 is 5.11 Å². The third kappa shape index (κ3) is 2.32. The van der Waals surface area contributed by atoms with Gasteiger partial charge in [-0.05, 0) is 18.1 Å². The van der Waals surface area contributed by atoms with Gasteiger partial charge in [0.15, 0.2) is 0 Å². The number of fused-ring (bicyclic) bond motifs is 1. The largest absolute Gasteiger partial charge is 0.390 e. The van der Waals surface area contributed by atoms with Crippen LogP contribution in [0.5, 0.6) is 0 Å². The maximum absolute atomic E-state index is 9.65. The van der Waals surface area contributed by atoms with E-state index in [4.69, 9.17) is 0 Å². The van der Waals surface area contributed by atoms with E-state index in [0.717, 1.165) is 33.3 Å². The van der Waals surface area contributed by atoms with E-state index in [1.807, 2.05) is 12.1 Å². The molecule has 0 fully saturated rings. The van der Waals surface area contributed by atoms with E-state index in [9.17, 15) is 5.11 Å². The normalized spacial score (nSPS) is 11.6. The van der Waals surface area contributed by atoms with Crippen LogP contribution >= 0.6 is 11.3 Å². The van der Waals surface area contributed by atoms with Crippen molar-refractivity contribution in [2.75, 3.05) is 0 Å². The minimum atomic E-state index is -0.0797. The molecule has 0 saturated carbocycles. The van der Waals surface area contributed by atoms with Gasteiger partial charge < -0.3 is 5.11 Å². The second kappa shape index (κ2) is 5.30. The zero-order valence-electron chi connectivity index (χ0n) is 11.4. The van der Waals surface area contributed by atoms with Crippen LogP contribution in [0.2, 0.25) is 0 Å². The summed E-state index contributed by atoms with van der Waals surface area (Å²) in [6, 6.07) is 3.78. The van der Waals surface area contributed by atoms with E-state index in [1.165, 1.54) is 0 Å². The molecule has 20 heavy (non-hydrogen) atoms. The lowest BCUT2D eigenvalue weighted by Crippen LogP contribution is -1.98. The van der Waals surface area contributed by atoms with Gasteiger partial charge in [-0.25, -0.2) is 9.50 Å². The van der Waals surface area contributed by atoms with Gasteiger partial charge >= 0.3 is 0 Å². The Hall–Kier alpha value is -1.79. The Kier molecular flexibility index (Phi) is 3.50. The molecule has 1 N–H and O–H groups in total. The molecule has 3 heterocycles. The van der Waals surface area contributed by atoms with Crippen LogP contribution in [-0.4, -0.2) is 24.7 Å². The summed E-state index contributed by atoms with van der Waals surface area (Å²) in [4.78, 5) is 9.45. The first-order valence-corrected chi connectivity index (χ1v) is 7.39. The number of aromatic nitrogens is 4. The molecule has 0 unspecified atom stereocenters. The van der Waals surface area contributed by atoms with E-state index in [0.29, 0.717) is 5.92 Å². The van der Waals surface area contributed by atoms with E-state index in [1.54, 1.807) is 28.2 Å². The van der Waals surface area contributed by atoms with E-state index in [-0.39, 0.29) is 6.61 Å². The van der Waals surface area contributed by atoms with Crippen molar-refractivity contribution >= 4 is 16.3 Å². The monoisotopic (exact) mass is 288 g/mol. The molecule has 3 aromatic rings. The fraction of sp³-hybridized carbons (Fsp3) is 0.357. The summed E-state index contributed by atoms with van der Waals surface area (Å²) in [5.41, 5.74) is 2.47. The molecule has 104 valence electrons. The van der Waals surface area contributed by atoms with Crippen LogP contribution in [0.3, 0.4) is 0 Å². The average Bonchev–Trinajstić information content (AvgIpc) is 2.95. The molecule has 6 heteroatoms. The molecule has 0 amide bonds. The van der Waals surface area contributed by atoms with Crippen LogP contribution in [-0.2, 0) is 13.0 Å². The molecular formula is C14H16N4OS. The van der Waals surface area contributed by atoms with Gasteiger partial charge in [0.2, 0.25) is 4.96 Å². The lowest BCUT2D eigenvalue weighted by atomic mass is 10.1. The minimum Gasteiger partial charge on any atom is -0.390 e. The van der Waals surface area contributed by atoms with Gasteiger partial charge in [-0.1, -0.05) is 25.2 Å². The fourth-order valence-electron chi connectivity index (χ4n) is 2.14. The molecule has 0 aliphatic carbocycles. The quantitative estimate of drug-likeness (QED) is 0.801. The summed E-state index contributed by atoms with van der Waals surface area (Å²) < 4.78 is 1.76. The zero-order valence-corrected chi connectivity index (χ0v) is 12.3. The van der Waals surface area contributed by atoms with Crippen LogP contribution in [0.1, 0.15) is 24.5 Å². The predicted molar refractivity (Wildman–Crippen MR) is 78.6 cm³/mol. The Balaban J connectivity index is 2.09. The highest BCUT2D eigenvalue weighted by atomic mass is 32.1. The van der Waals surface area contributed by atoms with Gasteiger partial charge in [0.05, 0.1) is 18.0 Å². The Bertz CT molecular complexity index is 717. The third-order valence-corrected chi connectivity index (χ3v) is 3.96. The number of imidazole rings is 1. The topological polar surface area (TPSA) is 63.3 Å². The number of nitrogens with zero attached hydrogens (tertiary/aromatic N) is 4. The molecule has 0 spiro atoms. The second-order valence-corrected chi connectivity index (χ2v) is 6.13. The highest BCUT2D eigenvalue weighted by molar-refractivity contribution is 7.16. The molecule has 0 aromatic carbocycles. The van der Waals surface area contributed by atoms with Crippen molar-refractivity contribution in [1.82, 2.24) is 19.6 Å². The summed E-state index contributed by atoms with van der Waals surface area (Å²) in [6.07, 6.45) is 4.38. The maximum Gasteiger partial charge on any atom is 0.213 e. The Morgan fingerprint density at radius 3 is 2.70 bits per heavy atom. The minimum absolute atomic E-state index is 0.0797. The van der Waals surface area contributed by atoms with E-state index >= 15 is 0 Å². The van der Waals surface area contributed by atoms with Crippen molar-refractivity contribution in [3.8, 4) is 11.3 Å². The molecule has 3 rings (SSSR count). The van der Waals surface area contributed by atoms with Crippen molar-refractivity contribution in [1.29, 1.82) is 0 Å². The number of pyridine rings is 1. The standard InChI is InChI=1S/C14H16N4OS/c1-9(2)7-12-17-18-11(8-19)13(16-14(18)20-12)10-3-5-15-6-4-10/h3-6,9,19H,7-8H2,1-2H3. The highest BCUT2D eigenvalue weighted by Crippen LogP contribution is 2.27. The Labute approximate surface area is 120 Å². The van der Waals surface area contributed by atoms with Crippen LogP contribution < -0.4 is 0 Å². The summed E-state index contributed by atoms with van der Waals surface area (Å²) in [6.45, 7) is 4.25. The lowest BCUT2D eigenvalue weighted by molar-refractivity contribution is 0.275. The molecule has 5 nitrogen and oxygen atoms in total. The van der Waals surface area contributed by atoms with Crippen molar-refractivity contribution in [2.45, 2.75) is 26.9 Å². The first kappa shape index (κ1) is 13.2. The summed E-state index contributed by atoms with van der Waals surface area (Å²) in [5, 5.41) is 15.3. The summed E-state index contributed by atoms with van der Waals surface area (Å²) >= 11 is 1.58. The molecule has 0 aliphatic heterocycles. The SMILES string of the molecule is CC(C)Cc1nn2c(CO)c(-c3ccncc3)nc2s1. The first-order chi connectivity index (χ1) is 9.69. The summed E-state index contributed by atoms with van der Waals surface area (Å²) in [5.74, 6) is 0.558. The van der Waals surface area contributed by atoms with Gasteiger partial charge in [0.25, 0.3) is 0 Å². The highest BCUT2D eigenvalue weighted by Gasteiger charge is 2.17. The molecule has 0 aliphatic rings. The number of hydrogen-bond acceptors (Lipinski definition) is 5. The van der Waals surface area contributed by atoms with Crippen molar-refractivity contribution in [3.63, 3.8) is 0 Å². The molecule has 0 radical (unpaired) electrons. The van der Waals surface area contributed by atoms with Crippen molar-refractivity contribution in [2.24, 2.45) is 5.92 Å². The predicted octanol–water partition coefficient (Wildman–Crippen LogP) is 2.54. The van der Waals surface area contributed by atoms with Gasteiger partial charge in [-0.3, -0.25) is 4.98 Å². The maximum atomic E-state index is 9.65. The fourth-order valence-corrected chi connectivity index (χ4v) is 3.27. The van der Waals surface area contributed by atoms with Gasteiger partial charge in [-0.15, -0.1) is 0 Å². The first-order valence-electron chi connectivity index (χ1n) is 6.57. The number of aliphatic hydroxyl groups is 1. The number of aliphatic hydroxyl groups excluding tert-OH is 1.